The first kappa shape index (κ1) is 13.4. The Morgan fingerprint density at radius 3 is 2.90 bits per heavy atom. The molecule has 1 aromatic carbocycles. The van der Waals surface area contributed by atoms with Crippen LogP contribution in [0.3, 0.4) is 0 Å². The van der Waals surface area contributed by atoms with Gasteiger partial charge in [-0.3, -0.25) is 4.79 Å². The molecule has 106 valence electrons. The second kappa shape index (κ2) is 5.07. The third-order valence-corrected chi connectivity index (χ3v) is 4.95. The number of nitrogens with two attached hydrogens (primary N) is 1. The molecule has 0 aliphatic carbocycles. The number of likely N-dealkylation sites (N-methyl/N-ethyl adjacent to an activating group) is 1. The first-order valence-electron chi connectivity index (χ1n) is 6.83. The van der Waals surface area contributed by atoms with E-state index in [9.17, 15) is 4.79 Å². The Hall–Kier alpha value is -1.59. The molecule has 2 heterocycles. The highest BCUT2D eigenvalue weighted by Crippen LogP contribution is 2.29. The zero-order chi connectivity index (χ0) is 14.3. The van der Waals surface area contributed by atoms with Crippen LogP contribution in [0.15, 0.2) is 24.3 Å². The summed E-state index contributed by atoms with van der Waals surface area (Å²) < 4.78 is 1.12. The predicted molar refractivity (Wildman–Crippen MR) is 84.2 cm³/mol. The number of rotatable bonds is 1. The van der Waals surface area contributed by atoms with E-state index in [2.05, 4.69) is 18.9 Å². The molecule has 1 saturated heterocycles. The van der Waals surface area contributed by atoms with Gasteiger partial charge in [-0.2, -0.15) is 0 Å². The summed E-state index contributed by atoms with van der Waals surface area (Å²) in [6.45, 7) is 4.78. The van der Waals surface area contributed by atoms with Gasteiger partial charge in [-0.05, 0) is 43.6 Å². The Labute approximate surface area is 122 Å². The van der Waals surface area contributed by atoms with Gasteiger partial charge in [0.1, 0.15) is 0 Å². The normalized spacial score (nSPS) is 20.5. The number of nitrogen functional groups attached to an aromatic ring is 1. The van der Waals surface area contributed by atoms with E-state index in [0.717, 1.165) is 40.3 Å². The van der Waals surface area contributed by atoms with Crippen LogP contribution in [0.1, 0.15) is 16.6 Å². The molecular weight excluding hydrogens is 270 g/mol. The molecule has 4 nitrogen and oxygen atoms in total. The van der Waals surface area contributed by atoms with Crippen molar-refractivity contribution in [3.63, 3.8) is 0 Å². The fourth-order valence-corrected chi connectivity index (χ4v) is 3.75. The molecule has 3 rings (SSSR count). The van der Waals surface area contributed by atoms with Crippen LogP contribution < -0.4 is 5.73 Å². The number of fused-ring (bicyclic) bond motifs is 1. The molecule has 1 amide bonds. The fraction of sp³-hybridized carbons (Fsp3) is 0.400. The smallest absolute Gasteiger partial charge is 0.264 e. The van der Waals surface area contributed by atoms with E-state index in [1.807, 2.05) is 29.2 Å². The molecule has 0 spiro atoms. The van der Waals surface area contributed by atoms with Gasteiger partial charge in [0.2, 0.25) is 0 Å². The summed E-state index contributed by atoms with van der Waals surface area (Å²) in [5.41, 5.74) is 6.53. The molecule has 2 aromatic rings. The topological polar surface area (TPSA) is 49.6 Å². The molecule has 0 radical (unpaired) electrons. The lowest BCUT2D eigenvalue weighted by Crippen LogP contribution is -2.52. The van der Waals surface area contributed by atoms with Gasteiger partial charge < -0.3 is 15.5 Å². The first-order chi connectivity index (χ1) is 9.54. The van der Waals surface area contributed by atoms with E-state index < -0.39 is 0 Å². The van der Waals surface area contributed by atoms with Crippen LogP contribution in [-0.2, 0) is 0 Å². The summed E-state index contributed by atoms with van der Waals surface area (Å²) in [7, 11) is 2.10. The van der Waals surface area contributed by atoms with Crippen molar-refractivity contribution in [3.05, 3.63) is 29.1 Å². The number of piperazine rings is 1. The second-order valence-electron chi connectivity index (χ2n) is 5.52. The number of hydrogen-bond acceptors (Lipinski definition) is 4. The molecule has 1 aromatic heterocycles. The molecule has 0 saturated carbocycles. The number of nitrogens with zero attached hydrogens (tertiary/aromatic N) is 2. The number of thiophene rings is 1. The summed E-state index contributed by atoms with van der Waals surface area (Å²) in [4.78, 5) is 17.7. The maximum Gasteiger partial charge on any atom is 0.264 e. The summed E-state index contributed by atoms with van der Waals surface area (Å²) in [6, 6.07) is 8.02. The van der Waals surface area contributed by atoms with Gasteiger partial charge in [-0.25, -0.2) is 0 Å². The highest BCUT2D eigenvalue weighted by atomic mass is 32.1. The van der Waals surface area contributed by atoms with Gasteiger partial charge in [0.05, 0.1) is 4.88 Å². The lowest BCUT2D eigenvalue weighted by atomic mass is 10.2. The molecular formula is C15H19N3OS. The Kier molecular flexibility index (Phi) is 3.40. The Bertz CT molecular complexity index is 652. The van der Waals surface area contributed by atoms with E-state index in [1.54, 1.807) is 11.3 Å². The molecule has 20 heavy (non-hydrogen) atoms. The van der Waals surface area contributed by atoms with E-state index in [-0.39, 0.29) is 11.9 Å². The molecule has 1 unspecified atom stereocenters. The van der Waals surface area contributed by atoms with Crippen LogP contribution in [0.25, 0.3) is 10.1 Å². The van der Waals surface area contributed by atoms with Crippen LogP contribution >= 0.6 is 11.3 Å². The first-order valence-corrected chi connectivity index (χ1v) is 7.65. The number of hydrogen-bond donors (Lipinski definition) is 1. The summed E-state index contributed by atoms with van der Waals surface area (Å²) in [5, 5.41) is 1.06. The van der Waals surface area contributed by atoms with Crippen LogP contribution in [0, 0.1) is 0 Å². The van der Waals surface area contributed by atoms with Crippen molar-refractivity contribution < 1.29 is 4.79 Å². The minimum absolute atomic E-state index is 0.144. The van der Waals surface area contributed by atoms with Gasteiger partial charge in [0, 0.05) is 36.1 Å². The van der Waals surface area contributed by atoms with E-state index in [1.165, 1.54) is 0 Å². The zero-order valence-electron chi connectivity index (χ0n) is 11.8. The zero-order valence-corrected chi connectivity index (χ0v) is 12.6. The highest BCUT2D eigenvalue weighted by molar-refractivity contribution is 7.20. The van der Waals surface area contributed by atoms with Crippen LogP contribution in [0.4, 0.5) is 5.69 Å². The number of carbonyl (C=O) groups excluding carboxylic acids is 1. The maximum atomic E-state index is 12.7. The Morgan fingerprint density at radius 1 is 1.35 bits per heavy atom. The SMILES string of the molecule is CC1CN(C)CCN1C(=O)c1cc2cc(N)ccc2s1. The minimum atomic E-state index is 0.144. The van der Waals surface area contributed by atoms with Crippen LogP contribution in [-0.4, -0.2) is 48.4 Å². The molecule has 1 atom stereocenters. The van der Waals surface area contributed by atoms with Crippen molar-refractivity contribution in [2.45, 2.75) is 13.0 Å². The molecule has 1 fully saturated rings. The number of carbonyl (C=O) groups is 1. The average molecular weight is 289 g/mol. The van der Waals surface area contributed by atoms with Gasteiger partial charge >= 0.3 is 0 Å². The maximum absolute atomic E-state index is 12.7. The molecule has 5 heteroatoms. The van der Waals surface area contributed by atoms with Crippen molar-refractivity contribution in [1.29, 1.82) is 0 Å². The summed E-state index contributed by atoms with van der Waals surface area (Å²) >= 11 is 1.55. The Morgan fingerprint density at radius 2 is 2.15 bits per heavy atom. The summed E-state index contributed by atoms with van der Waals surface area (Å²) in [5.74, 6) is 0.144. The molecule has 2 N–H and O–H groups in total. The van der Waals surface area contributed by atoms with Crippen molar-refractivity contribution >= 4 is 33.0 Å². The van der Waals surface area contributed by atoms with Crippen molar-refractivity contribution in [2.24, 2.45) is 0 Å². The van der Waals surface area contributed by atoms with Crippen molar-refractivity contribution in [3.8, 4) is 0 Å². The van der Waals surface area contributed by atoms with Gasteiger partial charge in [0.25, 0.3) is 5.91 Å². The van der Waals surface area contributed by atoms with E-state index in [4.69, 9.17) is 5.73 Å². The van der Waals surface area contributed by atoms with Crippen molar-refractivity contribution in [2.75, 3.05) is 32.4 Å². The quantitative estimate of drug-likeness (QED) is 0.819. The van der Waals surface area contributed by atoms with Gasteiger partial charge in [-0.1, -0.05) is 0 Å². The van der Waals surface area contributed by atoms with Crippen LogP contribution in [0.5, 0.6) is 0 Å². The predicted octanol–water partition coefficient (Wildman–Crippen LogP) is 2.26. The minimum Gasteiger partial charge on any atom is -0.399 e. The second-order valence-corrected chi connectivity index (χ2v) is 6.60. The average Bonchev–Trinajstić information content (AvgIpc) is 2.81. The van der Waals surface area contributed by atoms with Gasteiger partial charge in [-0.15, -0.1) is 11.3 Å². The van der Waals surface area contributed by atoms with E-state index >= 15 is 0 Å². The third-order valence-electron chi connectivity index (χ3n) is 3.84. The third kappa shape index (κ3) is 2.39. The van der Waals surface area contributed by atoms with E-state index in [0.29, 0.717) is 0 Å². The summed E-state index contributed by atoms with van der Waals surface area (Å²) in [6.07, 6.45) is 0. The van der Waals surface area contributed by atoms with Crippen LogP contribution in [0.2, 0.25) is 0 Å². The fourth-order valence-electron chi connectivity index (χ4n) is 2.75. The molecule has 0 bridgehead atoms. The lowest BCUT2D eigenvalue weighted by Gasteiger charge is -2.38. The molecule has 1 aliphatic heterocycles. The monoisotopic (exact) mass is 289 g/mol. The number of benzene rings is 1. The number of amides is 1. The lowest BCUT2D eigenvalue weighted by molar-refractivity contribution is 0.0538. The highest BCUT2D eigenvalue weighted by Gasteiger charge is 2.27. The number of anilines is 1. The standard InChI is InChI=1S/C15H19N3OS/c1-10-9-17(2)5-6-18(10)15(19)14-8-11-7-12(16)3-4-13(11)20-14/h3-4,7-8,10H,5-6,9,16H2,1-2H3. The van der Waals surface area contributed by atoms with Crippen molar-refractivity contribution in [1.82, 2.24) is 9.80 Å². The molecule has 1 aliphatic rings. The van der Waals surface area contributed by atoms with Gasteiger partial charge in [0.15, 0.2) is 0 Å². The Balaban J connectivity index is 1.88. The largest absolute Gasteiger partial charge is 0.399 e.